The first-order valence-corrected chi connectivity index (χ1v) is 15.0. The highest BCUT2D eigenvalue weighted by Gasteiger charge is 2.27. The average molecular weight is 642 g/mol. The highest BCUT2D eigenvalue weighted by molar-refractivity contribution is 5.87. The van der Waals surface area contributed by atoms with E-state index in [9.17, 15) is 34.5 Å². The number of phenols is 2. The second kappa shape index (κ2) is 18.1. The number of hydrogen-bond acceptors (Lipinski definition) is 10. The van der Waals surface area contributed by atoms with Gasteiger partial charge >= 0.3 is 0 Å². The summed E-state index contributed by atoms with van der Waals surface area (Å²) in [7, 11) is 0. The van der Waals surface area contributed by atoms with Gasteiger partial charge in [0.05, 0.1) is 24.7 Å². The van der Waals surface area contributed by atoms with Crippen LogP contribution in [0.2, 0.25) is 0 Å². The number of H-pyrrole nitrogens is 2. The topological polar surface area (TPSA) is 246 Å². The number of nitrogens with one attached hydrogen (secondary N) is 7. The molecule has 46 heavy (non-hydrogen) atoms. The average Bonchev–Trinajstić information content (AvgIpc) is 3.71. The number of aromatic amines is 2. The Labute approximate surface area is 266 Å². The monoisotopic (exact) mass is 641 g/mol. The molecule has 4 amide bonds. The van der Waals surface area contributed by atoms with Gasteiger partial charge in [-0.3, -0.25) is 24.5 Å². The lowest BCUT2D eigenvalue weighted by Gasteiger charge is -2.28. The maximum absolute atomic E-state index is 13.3. The number of unbranched alkanes of at least 4 members (excludes halogenated alkanes) is 1. The van der Waals surface area contributed by atoms with Crippen LogP contribution >= 0.6 is 0 Å². The number of aromatic nitrogens is 4. The fourth-order valence-electron chi connectivity index (χ4n) is 4.81. The lowest BCUT2D eigenvalue weighted by molar-refractivity contribution is -0.128. The Kier molecular flexibility index (Phi) is 14.0. The molecule has 0 fully saturated rings. The standard InChI is InChI=1S/C30H43N9O7/c1-18(40)37-24(12-21-14-31-16-35-21)29(45)33-9-4-3-5-23(28(44)34-10-8-20-6-7-26(42)27(43)11-20)39-30(46)25(38-19(2)41)13-22-15-32-17-36-22/h6-7,11,14-17,23-25,30,39,42-43,46H,3-5,8-10,12-13H2,1-2H3,(H,31,35)(H,32,36)(H,33,45)(H,34,44)(H,37,40)(H,38,41). The molecule has 250 valence electrons. The third-order valence-electron chi connectivity index (χ3n) is 7.10. The highest BCUT2D eigenvalue weighted by Crippen LogP contribution is 2.24. The minimum Gasteiger partial charge on any atom is -0.504 e. The Morgan fingerprint density at radius 2 is 1.43 bits per heavy atom. The number of aliphatic hydroxyl groups is 1. The van der Waals surface area contributed by atoms with Gasteiger partial charge in [0, 0.05) is 63.6 Å². The summed E-state index contributed by atoms with van der Waals surface area (Å²) < 4.78 is 0. The van der Waals surface area contributed by atoms with Crippen molar-refractivity contribution >= 4 is 23.6 Å². The molecule has 10 N–H and O–H groups in total. The fraction of sp³-hybridized carbons (Fsp3) is 0.467. The number of rotatable bonds is 19. The summed E-state index contributed by atoms with van der Waals surface area (Å²) in [6.07, 6.45) is 6.96. The van der Waals surface area contributed by atoms with Crippen molar-refractivity contribution in [1.82, 2.24) is 46.5 Å². The molecule has 16 heteroatoms. The number of carbonyl (C=O) groups excluding carboxylic acids is 4. The molecule has 0 aliphatic heterocycles. The van der Waals surface area contributed by atoms with Gasteiger partial charge in [-0.05, 0) is 43.4 Å². The largest absolute Gasteiger partial charge is 0.504 e. The van der Waals surface area contributed by atoms with Crippen molar-refractivity contribution in [3.8, 4) is 11.5 Å². The van der Waals surface area contributed by atoms with E-state index in [1.807, 2.05) is 0 Å². The fourth-order valence-corrected chi connectivity index (χ4v) is 4.81. The molecule has 2 heterocycles. The molecule has 4 unspecified atom stereocenters. The van der Waals surface area contributed by atoms with Crippen molar-refractivity contribution in [1.29, 1.82) is 0 Å². The van der Waals surface area contributed by atoms with Gasteiger partial charge in [0.1, 0.15) is 12.3 Å². The van der Waals surface area contributed by atoms with E-state index < -0.39 is 24.4 Å². The van der Waals surface area contributed by atoms with E-state index in [1.165, 1.54) is 38.6 Å². The number of imidazole rings is 2. The number of amides is 4. The van der Waals surface area contributed by atoms with Crippen molar-refractivity contribution in [2.45, 2.75) is 76.7 Å². The first-order valence-electron chi connectivity index (χ1n) is 15.0. The maximum atomic E-state index is 13.3. The summed E-state index contributed by atoms with van der Waals surface area (Å²) in [4.78, 5) is 63.3. The maximum Gasteiger partial charge on any atom is 0.242 e. The van der Waals surface area contributed by atoms with E-state index in [-0.39, 0.29) is 61.1 Å². The van der Waals surface area contributed by atoms with Gasteiger partial charge < -0.3 is 46.6 Å². The van der Waals surface area contributed by atoms with Crippen LogP contribution in [-0.4, -0.2) is 96.3 Å². The second-order valence-corrected chi connectivity index (χ2v) is 10.9. The molecule has 0 bridgehead atoms. The van der Waals surface area contributed by atoms with E-state index >= 15 is 0 Å². The first kappa shape index (κ1) is 35.5. The first-order chi connectivity index (χ1) is 22.0. The minimum absolute atomic E-state index is 0.220. The van der Waals surface area contributed by atoms with E-state index in [0.717, 1.165) is 0 Å². The van der Waals surface area contributed by atoms with E-state index in [2.05, 4.69) is 46.5 Å². The van der Waals surface area contributed by atoms with Gasteiger partial charge in [-0.15, -0.1) is 0 Å². The van der Waals surface area contributed by atoms with Crippen molar-refractivity contribution < 1.29 is 34.5 Å². The van der Waals surface area contributed by atoms with E-state index in [4.69, 9.17) is 0 Å². The summed E-state index contributed by atoms with van der Waals surface area (Å²) >= 11 is 0. The SMILES string of the molecule is CC(=O)NC(Cc1cnc[nH]1)C(=O)NCCCCC(NC(O)C(Cc1cnc[nH]1)NC(C)=O)C(=O)NCCc1ccc(O)c(O)c1. The number of nitrogens with zero attached hydrogens (tertiary/aromatic N) is 2. The molecule has 0 saturated heterocycles. The summed E-state index contributed by atoms with van der Waals surface area (Å²) in [5, 5.41) is 44.3. The molecular formula is C30H43N9O7. The zero-order valence-corrected chi connectivity index (χ0v) is 25.9. The van der Waals surface area contributed by atoms with Crippen molar-refractivity contribution in [3.63, 3.8) is 0 Å². The second-order valence-electron chi connectivity index (χ2n) is 10.9. The third-order valence-corrected chi connectivity index (χ3v) is 7.10. The summed E-state index contributed by atoms with van der Waals surface area (Å²) in [6, 6.07) is 1.99. The Balaban J connectivity index is 1.58. The van der Waals surface area contributed by atoms with Crippen molar-refractivity contribution in [3.05, 3.63) is 60.2 Å². The molecule has 0 aliphatic rings. The molecule has 0 saturated carbocycles. The zero-order valence-electron chi connectivity index (χ0n) is 25.9. The van der Waals surface area contributed by atoms with Gasteiger partial charge in [0.15, 0.2) is 11.5 Å². The van der Waals surface area contributed by atoms with Crippen LogP contribution in [0.4, 0.5) is 0 Å². The number of carbonyl (C=O) groups is 4. The summed E-state index contributed by atoms with van der Waals surface area (Å²) in [5.74, 6) is -1.95. The van der Waals surface area contributed by atoms with Crippen LogP contribution in [0, 0.1) is 0 Å². The molecule has 2 aromatic heterocycles. The summed E-state index contributed by atoms with van der Waals surface area (Å²) in [5.41, 5.74) is 2.07. The van der Waals surface area contributed by atoms with E-state index in [0.29, 0.717) is 42.6 Å². The molecular weight excluding hydrogens is 598 g/mol. The van der Waals surface area contributed by atoms with Crippen LogP contribution in [0.1, 0.15) is 50.1 Å². The van der Waals surface area contributed by atoms with Gasteiger partial charge in [-0.1, -0.05) is 6.07 Å². The van der Waals surface area contributed by atoms with Gasteiger partial charge in [-0.2, -0.15) is 0 Å². The molecule has 3 aromatic rings. The normalized spacial score (nSPS) is 13.6. The van der Waals surface area contributed by atoms with Crippen LogP contribution < -0.4 is 26.6 Å². The van der Waals surface area contributed by atoms with Crippen LogP contribution in [0.5, 0.6) is 11.5 Å². The molecule has 4 atom stereocenters. The molecule has 3 rings (SSSR count). The number of aliphatic hydroxyl groups excluding tert-OH is 1. The quantitative estimate of drug-likeness (QED) is 0.0446. The van der Waals surface area contributed by atoms with Crippen molar-refractivity contribution in [2.75, 3.05) is 13.1 Å². The molecule has 1 aromatic carbocycles. The molecule has 0 spiro atoms. The molecule has 16 nitrogen and oxygen atoms in total. The van der Waals surface area contributed by atoms with E-state index in [1.54, 1.807) is 18.5 Å². The number of phenolic OH excluding ortho intramolecular Hbond substituents is 2. The van der Waals surface area contributed by atoms with Crippen molar-refractivity contribution in [2.24, 2.45) is 0 Å². The van der Waals surface area contributed by atoms with Gasteiger partial charge in [0.25, 0.3) is 0 Å². The van der Waals surface area contributed by atoms with Gasteiger partial charge in [-0.25, -0.2) is 9.97 Å². The van der Waals surface area contributed by atoms with Crippen LogP contribution in [0.3, 0.4) is 0 Å². The minimum atomic E-state index is -1.29. The lowest BCUT2D eigenvalue weighted by Crippen LogP contribution is -2.57. The van der Waals surface area contributed by atoms with Crippen LogP contribution in [-0.2, 0) is 38.4 Å². The number of hydrogen-bond donors (Lipinski definition) is 10. The van der Waals surface area contributed by atoms with Gasteiger partial charge in [0.2, 0.25) is 23.6 Å². The van der Waals surface area contributed by atoms with Crippen LogP contribution in [0.25, 0.3) is 0 Å². The number of aromatic hydroxyl groups is 2. The number of benzene rings is 1. The Bertz CT molecular complexity index is 1400. The molecule has 0 aliphatic carbocycles. The Morgan fingerprint density at radius 3 is 2.04 bits per heavy atom. The third kappa shape index (κ3) is 12.2. The Morgan fingerprint density at radius 1 is 0.804 bits per heavy atom. The molecule has 0 radical (unpaired) electrons. The lowest BCUT2D eigenvalue weighted by atomic mass is 10.1. The zero-order chi connectivity index (χ0) is 33.5. The predicted molar refractivity (Wildman–Crippen MR) is 166 cm³/mol. The predicted octanol–water partition coefficient (Wildman–Crippen LogP) is -0.739. The highest BCUT2D eigenvalue weighted by atomic mass is 16.3. The van der Waals surface area contributed by atoms with Crippen LogP contribution in [0.15, 0.2) is 43.2 Å². The Hall–Kier alpha value is -4.96. The smallest absolute Gasteiger partial charge is 0.242 e. The summed E-state index contributed by atoms with van der Waals surface area (Å²) in [6.45, 7) is 3.17.